The maximum atomic E-state index is 11.9. The van der Waals surface area contributed by atoms with Crippen molar-refractivity contribution >= 4 is 45.7 Å². The quantitative estimate of drug-likeness (QED) is 0.143. The van der Waals surface area contributed by atoms with E-state index < -0.39 is 9.84 Å². The number of aliphatic imine (C=N–C) groups is 1. The summed E-state index contributed by atoms with van der Waals surface area (Å²) in [6.45, 7) is 1.75. The summed E-state index contributed by atoms with van der Waals surface area (Å²) >= 11 is 0. The lowest BCUT2D eigenvalue weighted by Gasteiger charge is -2.17. The molecule has 0 aromatic heterocycles. The third kappa shape index (κ3) is 10.2. The Bertz CT molecular complexity index is 592. The lowest BCUT2D eigenvalue weighted by Crippen LogP contribution is -2.42. The van der Waals surface area contributed by atoms with Gasteiger partial charge in [-0.25, -0.2) is 8.42 Å². The summed E-state index contributed by atoms with van der Waals surface area (Å²) in [5.41, 5.74) is 0. The van der Waals surface area contributed by atoms with E-state index in [9.17, 15) is 13.2 Å². The highest BCUT2D eigenvalue weighted by molar-refractivity contribution is 14.0. The van der Waals surface area contributed by atoms with Gasteiger partial charge in [0.15, 0.2) is 15.8 Å². The molecule has 0 aromatic rings. The number of amides is 1. The summed E-state index contributed by atoms with van der Waals surface area (Å²) in [5.74, 6) is 0.707. The number of sulfone groups is 1. The van der Waals surface area contributed by atoms with Crippen LogP contribution in [-0.2, 0) is 19.4 Å². The summed E-state index contributed by atoms with van der Waals surface area (Å²) in [6, 6.07) is -0.249. The minimum absolute atomic E-state index is 0. The van der Waals surface area contributed by atoms with Crippen molar-refractivity contribution in [3.05, 3.63) is 0 Å². The molecule has 1 heterocycles. The molecule has 1 atom stereocenters. The van der Waals surface area contributed by atoms with Gasteiger partial charge in [0.05, 0.1) is 24.2 Å². The third-order valence-corrected chi connectivity index (χ3v) is 6.78. The van der Waals surface area contributed by atoms with E-state index >= 15 is 0 Å². The van der Waals surface area contributed by atoms with Gasteiger partial charge in [0, 0.05) is 32.6 Å². The second kappa shape index (κ2) is 13.6. The zero-order valence-corrected chi connectivity index (χ0v) is 19.9. The standard InChI is InChI=1S/C18H34N4O4S.HI/c1-19-18(21-11-12-26-16-6-4-2-3-5-7-16)20-10-8-17(23)22-15-9-13-27(24,25)14-15;/h15-16H,2-14H2,1H3,(H,22,23)(H2,19,20,21);1H. The first-order chi connectivity index (χ1) is 13.0. The topological polar surface area (TPSA) is 109 Å². The van der Waals surface area contributed by atoms with Crippen molar-refractivity contribution in [1.82, 2.24) is 16.0 Å². The van der Waals surface area contributed by atoms with Gasteiger partial charge < -0.3 is 20.7 Å². The van der Waals surface area contributed by atoms with Crippen molar-refractivity contribution in [2.45, 2.75) is 63.5 Å². The van der Waals surface area contributed by atoms with Crippen molar-refractivity contribution in [1.29, 1.82) is 0 Å². The zero-order valence-electron chi connectivity index (χ0n) is 16.7. The molecule has 1 aliphatic heterocycles. The number of hydrogen-bond acceptors (Lipinski definition) is 5. The van der Waals surface area contributed by atoms with Gasteiger partial charge in [0.2, 0.25) is 5.91 Å². The summed E-state index contributed by atoms with van der Waals surface area (Å²) in [7, 11) is -1.29. The van der Waals surface area contributed by atoms with Crippen molar-refractivity contribution in [3.8, 4) is 0 Å². The molecule has 1 amide bonds. The molecule has 3 N–H and O–H groups in total. The SMILES string of the molecule is CN=C(NCCOC1CCCCCC1)NCCC(=O)NC1CCS(=O)(=O)C1.I. The van der Waals surface area contributed by atoms with E-state index in [4.69, 9.17) is 4.74 Å². The van der Waals surface area contributed by atoms with Crippen LogP contribution < -0.4 is 16.0 Å². The molecule has 1 saturated heterocycles. The monoisotopic (exact) mass is 530 g/mol. The van der Waals surface area contributed by atoms with Crippen LogP contribution in [0.25, 0.3) is 0 Å². The van der Waals surface area contributed by atoms with Gasteiger partial charge in [-0.15, -0.1) is 24.0 Å². The van der Waals surface area contributed by atoms with Gasteiger partial charge in [0.1, 0.15) is 0 Å². The van der Waals surface area contributed by atoms with Crippen molar-refractivity contribution < 1.29 is 17.9 Å². The molecule has 2 rings (SSSR count). The Balaban J connectivity index is 0.00000392. The maximum absolute atomic E-state index is 11.9. The Kier molecular flexibility index (Phi) is 12.3. The van der Waals surface area contributed by atoms with E-state index in [1.165, 1.54) is 25.7 Å². The van der Waals surface area contributed by atoms with Crippen LogP contribution in [0, 0.1) is 0 Å². The van der Waals surface area contributed by atoms with E-state index in [0.717, 1.165) is 12.8 Å². The van der Waals surface area contributed by atoms with Crippen LogP contribution in [0.5, 0.6) is 0 Å². The van der Waals surface area contributed by atoms with Gasteiger partial charge in [-0.1, -0.05) is 25.7 Å². The molecule has 1 unspecified atom stereocenters. The van der Waals surface area contributed by atoms with E-state index in [0.29, 0.717) is 38.2 Å². The Morgan fingerprint density at radius 2 is 1.75 bits per heavy atom. The average Bonchev–Trinajstić information content (AvgIpc) is 2.83. The highest BCUT2D eigenvalue weighted by atomic mass is 127. The van der Waals surface area contributed by atoms with Gasteiger partial charge in [0.25, 0.3) is 0 Å². The predicted molar refractivity (Wildman–Crippen MR) is 122 cm³/mol. The number of halogens is 1. The molecule has 2 fully saturated rings. The Labute approximate surface area is 186 Å². The first kappa shape index (κ1) is 25.4. The van der Waals surface area contributed by atoms with Crippen LogP contribution in [0.2, 0.25) is 0 Å². The minimum atomic E-state index is -2.97. The van der Waals surface area contributed by atoms with Crippen LogP contribution >= 0.6 is 24.0 Å². The first-order valence-corrected chi connectivity index (χ1v) is 11.9. The predicted octanol–water partition coefficient (Wildman–Crippen LogP) is 1.20. The number of hydrogen-bond donors (Lipinski definition) is 3. The fourth-order valence-electron chi connectivity index (χ4n) is 3.53. The van der Waals surface area contributed by atoms with Gasteiger partial charge in [-0.3, -0.25) is 9.79 Å². The van der Waals surface area contributed by atoms with E-state index in [-0.39, 0.29) is 53.9 Å². The molecule has 8 nitrogen and oxygen atoms in total. The fourth-order valence-corrected chi connectivity index (χ4v) is 5.20. The highest BCUT2D eigenvalue weighted by Gasteiger charge is 2.28. The molecule has 0 aromatic carbocycles. The van der Waals surface area contributed by atoms with E-state index in [2.05, 4.69) is 20.9 Å². The molecular formula is C18H35IN4O4S. The third-order valence-electron chi connectivity index (χ3n) is 5.02. The van der Waals surface area contributed by atoms with Gasteiger partial charge in [-0.05, 0) is 19.3 Å². The zero-order chi connectivity index (χ0) is 19.5. The second-order valence-corrected chi connectivity index (χ2v) is 9.56. The number of ether oxygens (including phenoxy) is 1. The van der Waals surface area contributed by atoms with E-state index in [1.807, 2.05) is 0 Å². The van der Waals surface area contributed by atoms with Crippen molar-refractivity contribution in [2.75, 3.05) is 38.2 Å². The summed E-state index contributed by atoms with van der Waals surface area (Å²) in [4.78, 5) is 16.1. The largest absolute Gasteiger partial charge is 0.376 e. The first-order valence-electron chi connectivity index (χ1n) is 10.0. The maximum Gasteiger partial charge on any atom is 0.222 e. The minimum Gasteiger partial charge on any atom is -0.376 e. The summed E-state index contributed by atoms with van der Waals surface area (Å²) in [6.07, 6.45) is 8.63. The van der Waals surface area contributed by atoms with Gasteiger partial charge >= 0.3 is 0 Å². The Morgan fingerprint density at radius 3 is 2.36 bits per heavy atom. The van der Waals surface area contributed by atoms with E-state index in [1.54, 1.807) is 7.05 Å². The lowest BCUT2D eigenvalue weighted by atomic mass is 10.1. The average molecular weight is 530 g/mol. The second-order valence-electron chi connectivity index (χ2n) is 7.33. The Hall–Kier alpha value is -0.620. The molecule has 1 aliphatic carbocycles. The molecular weight excluding hydrogens is 495 g/mol. The molecule has 0 radical (unpaired) electrons. The van der Waals surface area contributed by atoms with Crippen LogP contribution in [0.1, 0.15) is 51.4 Å². The smallest absolute Gasteiger partial charge is 0.222 e. The molecule has 164 valence electrons. The van der Waals surface area contributed by atoms with Crippen molar-refractivity contribution in [2.24, 2.45) is 4.99 Å². The molecule has 10 heteroatoms. The highest BCUT2D eigenvalue weighted by Crippen LogP contribution is 2.19. The summed E-state index contributed by atoms with van der Waals surface area (Å²) < 4.78 is 28.8. The normalized spacial score (nSPS) is 22.8. The number of nitrogens with zero attached hydrogens (tertiary/aromatic N) is 1. The lowest BCUT2D eigenvalue weighted by molar-refractivity contribution is -0.121. The van der Waals surface area contributed by atoms with Crippen molar-refractivity contribution in [3.63, 3.8) is 0 Å². The Morgan fingerprint density at radius 1 is 1.07 bits per heavy atom. The molecule has 0 spiro atoms. The van der Waals surface area contributed by atoms with Crippen LogP contribution in [0.3, 0.4) is 0 Å². The fraction of sp³-hybridized carbons (Fsp3) is 0.889. The summed E-state index contributed by atoms with van der Waals surface area (Å²) in [5, 5.41) is 9.06. The molecule has 0 bridgehead atoms. The molecule has 2 aliphatic rings. The number of carbonyl (C=O) groups excluding carboxylic acids is 1. The molecule has 28 heavy (non-hydrogen) atoms. The van der Waals surface area contributed by atoms with Crippen LogP contribution in [-0.4, -0.2) is 70.7 Å². The van der Waals surface area contributed by atoms with Gasteiger partial charge in [-0.2, -0.15) is 0 Å². The number of nitrogens with one attached hydrogen (secondary N) is 3. The number of carbonyl (C=O) groups is 1. The number of rotatable bonds is 8. The number of guanidine groups is 1. The van der Waals surface area contributed by atoms with Crippen LogP contribution in [0.15, 0.2) is 4.99 Å². The van der Waals surface area contributed by atoms with Crippen LogP contribution in [0.4, 0.5) is 0 Å². The molecule has 1 saturated carbocycles.